The molecule has 0 aromatic heterocycles. The predicted molar refractivity (Wildman–Crippen MR) is 117 cm³/mol. The fourth-order valence-corrected chi connectivity index (χ4v) is 2.96. The molecule has 178 valence electrons. The highest BCUT2D eigenvalue weighted by molar-refractivity contribution is 6.01. The van der Waals surface area contributed by atoms with E-state index in [1.165, 1.54) is 56.7 Å². The Kier molecular flexibility index (Phi) is 7.64. The quantitative estimate of drug-likeness (QED) is 0.390. The van der Waals surface area contributed by atoms with Gasteiger partial charge < -0.3 is 14.2 Å². The number of methoxy groups -OCH3 is 2. The highest BCUT2D eigenvalue weighted by Crippen LogP contribution is 2.27. The third-order valence-electron chi connectivity index (χ3n) is 4.71. The van der Waals surface area contributed by atoms with Crippen LogP contribution in [0.4, 0.5) is 5.69 Å². The molecule has 2 aromatic rings. The van der Waals surface area contributed by atoms with E-state index in [1.54, 1.807) is 0 Å². The molecule has 3 N–H and O–H groups in total. The molecular weight excluding hydrogens is 448 g/mol. The molecule has 0 unspecified atom stereocenters. The molecule has 0 atom stereocenters. The van der Waals surface area contributed by atoms with E-state index < -0.39 is 24.4 Å². The third-order valence-corrected chi connectivity index (χ3v) is 4.71. The first-order valence-electron chi connectivity index (χ1n) is 10.0. The van der Waals surface area contributed by atoms with Gasteiger partial charge >= 0.3 is 5.97 Å². The van der Waals surface area contributed by atoms with Crippen molar-refractivity contribution < 1.29 is 38.2 Å². The van der Waals surface area contributed by atoms with E-state index in [9.17, 15) is 24.0 Å². The zero-order valence-corrected chi connectivity index (χ0v) is 18.4. The Hall–Kier alpha value is -4.61. The van der Waals surface area contributed by atoms with Crippen molar-refractivity contribution in [1.82, 2.24) is 16.3 Å². The molecule has 12 heteroatoms. The number of amides is 4. The number of nitrogens with zero attached hydrogens (tertiary/aromatic N) is 1. The van der Waals surface area contributed by atoms with Gasteiger partial charge in [-0.1, -0.05) is 0 Å². The molecule has 1 heterocycles. The summed E-state index contributed by atoms with van der Waals surface area (Å²) in [5, 5.41) is 1.11. The summed E-state index contributed by atoms with van der Waals surface area (Å²) in [4.78, 5) is 59.7. The Labute approximate surface area is 194 Å². The van der Waals surface area contributed by atoms with Gasteiger partial charge in [-0.05, 0) is 42.5 Å². The zero-order chi connectivity index (χ0) is 24.7. The fourth-order valence-electron chi connectivity index (χ4n) is 2.96. The minimum atomic E-state index is -0.790. The minimum Gasteiger partial charge on any atom is -0.493 e. The van der Waals surface area contributed by atoms with Gasteiger partial charge in [-0.2, -0.15) is 0 Å². The lowest BCUT2D eigenvalue weighted by molar-refractivity contribution is -0.130. The van der Waals surface area contributed by atoms with Gasteiger partial charge in [-0.15, -0.1) is 0 Å². The number of anilines is 1. The molecule has 2 aromatic carbocycles. The van der Waals surface area contributed by atoms with Gasteiger partial charge in [0.05, 0.1) is 25.5 Å². The topological polar surface area (TPSA) is 152 Å². The standard InChI is InChI=1S/C22H22N4O8/c1-32-16-8-5-14(11-17(16)33-2)21(30)24-23-19(28)12-34-22(31)13-3-6-15(7-4-13)26-20(29)10-9-18(27)25-26/h3-8,11H,9-10,12H2,1-2H3,(H,23,28)(H,24,30)(H,25,27). The lowest BCUT2D eigenvalue weighted by Gasteiger charge is -2.27. The first-order valence-corrected chi connectivity index (χ1v) is 10.0. The lowest BCUT2D eigenvalue weighted by Crippen LogP contribution is -2.50. The van der Waals surface area contributed by atoms with E-state index in [0.717, 1.165) is 5.01 Å². The number of benzene rings is 2. The predicted octanol–water partition coefficient (Wildman–Crippen LogP) is 0.480. The van der Waals surface area contributed by atoms with E-state index in [1.807, 2.05) is 0 Å². The first kappa shape index (κ1) is 24.0. The molecular formula is C22H22N4O8. The Bertz CT molecular complexity index is 1120. The van der Waals surface area contributed by atoms with E-state index >= 15 is 0 Å². The molecule has 34 heavy (non-hydrogen) atoms. The molecule has 1 fully saturated rings. The van der Waals surface area contributed by atoms with Gasteiger partial charge in [-0.25, -0.2) is 9.80 Å². The normalized spacial score (nSPS) is 12.9. The van der Waals surface area contributed by atoms with Crippen LogP contribution in [0.1, 0.15) is 33.6 Å². The van der Waals surface area contributed by atoms with Crippen molar-refractivity contribution in [3.63, 3.8) is 0 Å². The van der Waals surface area contributed by atoms with Crippen molar-refractivity contribution in [2.75, 3.05) is 25.8 Å². The SMILES string of the molecule is COc1ccc(C(=O)NNC(=O)COC(=O)c2ccc(N3NC(=O)CCC3=O)cc2)cc1OC. The van der Waals surface area contributed by atoms with Crippen molar-refractivity contribution >= 4 is 35.3 Å². The minimum absolute atomic E-state index is 0.0906. The van der Waals surface area contributed by atoms with Crippen LogP contribution >= 0.6 is 0 Å². The largest absolute Gasteiger partial charge is 0.493 e. The second-order valence-corrected chi connectivity index (χ2v) is 6.96. The monoisotopic (exact) mass is 470 g/mol. The summed E-state index contributed by atoms with van der Waals surface area (Å²) in [6.07, 6.45) is 0.212. The van der Waals surface area contributed by atoms with Crippen molar-refractivity contribution in [2.45, 2.75) is 12.8 Å². The second-order valence-electron chi connectivity index (χ2n) is 6.96. The van der Waals surface area contributed by atoms with E-state index in [2.05, 4.69) is 16.3 Å². The van der Waals surface area contributed by atoms with Gasteiger partial charge in [0.2, 0.25) is 11.8 Å². The van der Waals surface area contributed by atoms with Gasteiger partial charge in [-0.3, -0.25) is 35.5 Å². The summed E-state index contributed by atoms with van der Waals surface area (Å²) in [7, 11) is 2.89. The number of carbonyl (C=O) groups excluding carboxylic acids is 5. The Morgan fingerprint density at radius 1 is 0.912 bits per heavy atom. The molecule has 1 aliphatic rings. The molecule has 0 aliphatic carbocycles. The summed E-state index contributed by atoms with van der Waals surface area (Å²) >= 11 is 0. The third kappa shape index (κ3) is 5.79. The number of carbonyl (C=O) groups is 5. The van der Waals surface area contributed by atoms with Crippen LogP contribution in [0.15, 0.2) is 42.5 Å². The maximum Gasteiger partial charge on any atom is 0.338 e. The second kappa shape index (κ2) is 10.8. The first-order chi connectivity index (χ1) is 16.3. The van der Waals surface area contributed by atoms with Crippen LogP contribution in [-0.4, -0.2) is 50.4 Å². The summed E-state index contributed by atoms with van der Waals surface area (Å²) in [5.41, 5.74) is 7.51. The highest BCUT2D eigenvalue weighted by atomic mass is 16.5. The van der Waals surface area contributed by atoms with Crippen LogP contribution < -0.4 is 30.8 Å². The van der Waals surface area contributed by atoms with Crippen molar-refractivity contribution in [1.29, 1.82) is 0 Å². The summed E-state index contributed by atoms with van der Waals surface area (Å²) in [5.74, 6) is -1.95. The molecule has 1 aliphatic heterocycles. The number of hydrazine groups is 2. The average molecular weight is 470 g/mol. The molecule has 0 bridgehead atoms. The van der Waals surface area contributed by atoms with Gasteiger partial charge in [0.25, 0.3) is 11.8 Å². The fraction of sp³-hybridized carbons (Fsp3) is 0.227. The highest BCUT2D eigenvalue weighted by Gasteiger charge is 2.24. The smallest absolute Gasteiger partial charge is 0.338 e. The Morgan fingerprint density at radius 2 is 1.59 bits per heavy atom. The number of hydrogen-bond donors (Lipinski definition) is 3. The molecule has 0 spiro atoms. The number of nitrogens with one attached hydrogen (secondary N) is 3. The maximum absolute atomic E-state index is 12.2. The summed E-state index contributed by atoms with van der Waals surface area (Å²) < 4.78 is 15.2. The molecule has 4 amide bonds. The van der Waals surface area contributed by atoms with Crippen LogP contribution in [0.5, 0.6) is 11.5 Å². The van der Waals surface area contributed by atoms with Crippen molar-refractivity contribution in [3.8, 4) is 11.5 Å². The van der Waals surface area contributed by atoms with Crippen LogP contribution in [-0.2, 0) is 19.1 Å². The van der Waals surface area contributed by atoms with Gasteiger partial charge in [0, 0.05) is 18.4 Å². The molecule has 0 radical (unpaired) electrons. The van der Waals surface area contributed by atoms with Crippen LogP contribution in [0, 0.1) is 0 Å². The maximum atomic E-state index is 12.2. The van der Waals surface area contributed by atoms with E-state index in [4.69, 9.17) is 14.2 Å². The number of hydrogen-bond acceptors (Lipinski definition) is 8. The number of rotatable bonds is 7. The number of esters is 1. The van der Waals surface area contributed by atoms with Crippen LogP contribution in [0.2, 0.25) is 0 Å². The van der Waals surface area contributed by atoms with E-state index in [-0.39, 0.29) is 35.8 Å². The molecule has 3 rings (SSSR count). The average Bonchev–Trinajstić information content (AvgIpc) is 2.86. The van der Waals surface area contributed by atoms with Crippen molar-refractivity contribution in [3.05, 3.63) is 53.6 Å². The number of ether oxygens (including phenoxy) is 3. The van der Waals surface area contributed by atoms with Crippen LogP contribution in [0.3, 0.4) is 0 Å². The molecule has 1 saturated heterocycles. The Balaban J connectivity index is 1.48. The van der Waals surface area contributed by atoms with Crippen LogP contribution in [0.25, 0.3) is 0 Å². The summed E-state index contributed by atoms with van der Waals surface area (Å²) in [6, 6.07) is 10.2. The lowest BCUT2D eigenvalue weighted by atomic mass is 10.2. The van der Waals surface area contributed by atoms with Gasteiger partial charge in [0.1, 0.15) is 0 Å². The Morgan fingerprint density at radius 3 is 2.26 bits per heavy atom. The molecule has 0 saturated carbocycles. The summed E-state index contributed by atoms with van der Waals surface area (Å²) in [6.45, 7) is -0.645. The zero-order valence-electron chi connectivity index (χ0n) is 18.4. The molecule has 12 nitrogen and oxygen atoms in total. The van der Waals surface area contributed by atoms with Gasteiger partial charge in [0.15, 0.2) is 18.1 Å². The van der Waals surface area contributed by atoms with E-state index in [0.29, 0.717) is 17.2 Å². The van der Waals surface area contributed by atoms with Crippen molar-refractivity contribution in [2.24, 2.45) is 0 Å².